The van der Waals surface area contributed by atoms with E-state index < -0.39 is 6.10 Å². The van der Waals surface area contributed by atoms with Gasteiger partial charge in [0.25, 0.3) is 0 Å². The van der Waals surface area contributed by atoms with E-state index in [1.54, 1.807) is 6.92 Å². The monoisotopic (exact) mass is 228 g/mol. The van der Waals surface area contributed by atoms with Gasteiger partial charge in [0, 0.05) is 10.6 Å². The Bertz CT molecular complexity index is 359. The van der Waals surface area contributed by atoms with E-state index in [0.29, 0.717) is 11.6 Å². The Morgan fingerprint density at radius 3 is 2.53 bits per heavy atom. The summed E-state index contributed by atoms with van der Waals surface area (Å²) in [7, 11) is 0. The molecule has 0 saturated carbocycles. The summed E-state index contributed by atoms with van der Waals surface area (Å²) < 4.78 is 5.55. The maximum absolute atomic E-state index is 9.72. The molecule has 1 aromatic carbocycles. The van der Waals surface area contributed by atoms with Crippen LogP contribution in [0.25, 0.3) is 0 Å². The Labute approximate surface area is 95.8 Å². The number of ether oxygens (including phenoxy) is 1. The van der Waals surface area contributed by atoms with E-state index in [1.807, 2.05) is 26.8 Å². The van der Waals surface area contributed by atoms with Crippen LogP contribution in [0.1, 0.15) is 36.6 Å². The molecule has 1 atom stereocenters. The molecule has 0 amide bonds. The zero-order chi connectivity index (χ0) is 11.6. The fourth-order valence-electron chi connectivity index (χ4n) is 1.71. The molecule has 1 unspecified atom stereocenters. The smallest absolute Gasteiger partial charge is 0.128 e. The van der Waals surface area contributed by atoms with Gasteiger partial charge in [-0.05, 0) is 44.9 Å². The predicted octanol–water partition coefficient (Wildman–Crippen LogP) is 3.41. The van der Waals surface area contributed by atoms with Crippen molar-refractivity contribution in [3.63, 3.8) is 0 Å². The Morgan fingerprint density at radius 1 is 1.47 bits per heavy atom. The van der Waals surface area contributed by atoms with Crippen molar-refractivity contribution in [1.29, 1.82) is 0 Å². The van der Waals surface area contributed by atoms with Crippen LogP contribution in [0.15, 0.2) is 6.07 Å². The van der Waals surface area contributed by atoms with E-state index in [9.17, 15) is 5.11 Å². The van der Waals surface area contributed by atoms with E-state index in [4.69, 9.17) is 16.3 Å². The normalized spacial score (nSPS) is 12.7. The molecule has 3 heteroatoms. The number of aliphatic hydroxyl groups is 1. The number of rotatable bonds is 3. The first kappa shape index (κ1) is 12.3. The molecule has 0 aromatic heterocycles. The van der Waals surface area contributed by atoms with Crippen molar-refractivity contribution in [2.24, 2.45) is 0 Å². The summed E-state index contributed by atoms with van der Waals surface area (Å²) in [6, 6.07) is 1.87. The summed E-state index contributed by atoms with van der Waals surface area (Å²) in [5.41, 5.74) is 2.64. The first-order chi connectivity index (χ1) is 6.99. The molecule has 0 aliphatic heterocycles. The van der Waals surface area contributed by atoms with Gasteiger partial charge in [0.2, 0.25) is 0 Å². The molecule has 0 fully saturated rings. The third-order valence-electron chi connectivity index (χ3n) is 2.41. The highest BCUT2D eigenvalue weighted by atomic mass is 35.5. The Balaban J connectivity index is 3.40. The minimum Gasteiger partial charge on any atom is -0.493 e. The van der Waals surface area contributed by atoms with Gasteiger partial charge in [-0.2, -0.15) is 0 Å². The Hall–Kier alpha value is -0.730. The van der Waals surface area contributed by atoms with Crippen LogP contribution in [0.2, 0.25) is 5.02 Å². The first-order valence-corrected chi connectivity index (χ1v) is 5.47. The second-order valence-electron chi connectivity index (χ2n) is 3.65. The largest absolute Gasteiger partial charge is 0.493 e. The SMILES string of the molecule is CCOc1c(C)cc(Cl)c(C)c1C(C)O. The van der Waals surface area contributed by atoms with Gasteiger partial charge < -0.3 is 9.84 Å². The molecule has 0 aliphatic carbocycles. The first-order valence-electron chi connectivity index (χ1n) is 5.09. The molecule has 0 spiro atoms. The van der Waals surface area contributed by atoms with Crippen LogP contribution in [-0.2, 0) is 0 Å². The van der Waals surface area contributed by atoms with Gasteiger partial charge in [-0.3, -0.25) is 0 Å². The highest BCUT2D eigenvalue weighted by molar-refractivity contribution is 6.31. The summed E-state index contributed by atoms with van der Waals surface area (Å²) in [6.07, 6.45) is -0.566. The quantitative estimate of drug-likeness (QED) is 0.859. The fourth-order valence-corrected chi connectivity index (χ4v) is 1.98. The summed E-state index contributed by atoms with van der Waals surface area (Å²) in [4.78, 5) is 0. The lowest BCUT2D eigenvalue weighted by Crippen LogP contribution is -2.04. The van der Waals surface area contributed by atoms with E-state index in [1.165, 1.54) is 0 Å². The summed E-state index contributed by atoms with van der Waals surface area (Å²) in [5, 5.41) is 10.4. The average Bonchev–Trinajstić information content (AvgIpc) is 2.14. The molecule has 0 saturated heterocycles. The molecule has 1 aromatic rings. The van der Waals surface area contributed by atoms with Crippen LogP contribution < -0.4 is 4.74 Å². The van der Waals surface area contributed by atoms with Gasteiger partial charge in [-0.15, -0.1) is 0 Å². The Kier molecular flexibility index (Phi) is 4.00. The maximum Gasteiger partial charge on any atom is 0.128 e. The van der Waals surface area contributed by atoms with Crippen LogP contribution >= 0.6 is 11.6 Å². The third-order valence-corrected chi connectivity index (χ3v) is 2.81. The lowest BCUT2D eigenvalue weighted by atomic mass is 10.00. The number of aliphatic hydroxyl groups excluding tert-OH is 1. The van der Waals surface area contributed by atoms with Crippen LogP contribution in [0.3, 0.4) is 0 Å². The molecule has 0 heterocycles. The average molecular weight is 229 g/mol. The molecule has 2 nitrogen and oxygen atoms in total. The second kappa shape index (κ2) is 4.86. The molecule has 0 aliphatic rings. The highest BCUT2D eigenvalue weighted by Gasteiger charge is 2.17. The zero-order valence-corrected chi connectivity index (χ0v) is 10.4. The van der Waals surface area contributed by atoms with E-state index >= 15 is 0 Å². The van der Waals surface area contributed by atoms with Crippen LogP contribution in [0, 0.1) is 13.8 Å². The third kappa shape index (κ3) is 2.44. The topological polar surface area (TPSA) is 29.5 Å². The molecule has 0 radical (unpaired) electrons. The fraction of sp³-hybridized carbons (Fsp3) is 0.500. The van der Waals surface area contributed by atoms with Crippen molar-refractivity contribution >= 4 is 11.6 Å². The number of halogens is 1. The summed E-state index contributed by atoms with van der Waals surface area (Å²) >= 11 is 6.07. The standard InChI is InChI=1S/C12H17ClO2/c1-5-15-12-7(2)6-10(13)8(3)11(12)9(4)14/h6,9,14H,5H2,1-4H3. The maximum atomic E-state index is 9.72. The van der Waals surface area contributed by atoms with Crippen LogP contribution in [0.4, 0.5) is 0 Å². The van der Waals surface area contributed by atoms with Crippen molar-refractivity contribution in [3.8, 4) is 5.75 Å². The number of hydrogen-bond donors (Lipinski definition) is 1. The van der Waals surface area contributed by atoms with Gasteiger partial charge in [0.05, 0.1) is 12.7 Å². The second-order valence-corrected chi connectivity index (χ2v) is 4.06. The van der Waals surface area contributed by atoms with Gasteiger partial charge >= 0.3 is 0 Å². The zero-order valence-electron chi connectivity index (χ0n) is 9.60. The highest BCUT2D eigenvalue weighted by Crippen LogP contribution is 2.36. The summed E-state index contributed by atoms with van der Waals surface area (Å²) in [6.45, 7) is 8.06. The van der Waals surface area contributed by atoms with Gasteiger partial charge in [-0.25, -0.2) is 0 Å². The molecule has 84 valence electrons. The van der Waals surface area contributed by atoms with Gasteiger partial charge in [-0.1, -0.05) is 11.6 Å². The lowest BCUT2D eigenvalue weighted by molar-refractivity contribution is 0.191. The molecule has 0 bridgehead atoms. The number of aryl methyl sites for hydroxylation is 1. The molecular weight excluding hydrogens is 212 g/mol. The Morgan fingerprint density at radius 2 is 2.07 bits per heavy atom. The van der Waals surface area contributed by atoms with Crippen molar-refractivity contribution in [2.75, 3.05) is 6.61 Å². The molecular formula is C12H17ClO2. The van der Waals surface area contributed by atoms with Crippen molar-refractivity contribution in [3.05, 3.63) is 27.8 Å². The molecule has 1 rings (SSSR count). The van der Waals surface area contributed by atoms with Crippen LogP contribution in [-0.4, -0.2) is 11.7 Å². The van der Waals surface area contributed by atoms with Crippen LogP contribution in [0.5, 0.6) is 5.75 Å². The van der Waals surface area contributed by atoms with E-state index in [0.717, 1.165) is 22.4 Å². The number of hydrogen-bond acceptors (Lipinski definition) is 2. The lowest BCUT2D eigenvalue weighted by Gasteiger charge is -2.18. The van der Waals surface area contributed by atoms with E-state index in [-0.39, 0.29) is 0 Å². The van der Waals surface area contributed by atoms with Gasteiger partial charge in [0.1, 0.15) is 5.75 Å². The number of benzene rings is 1. The van der Waals surface area contributed by atoms with Crippen molar-refractivity contribution in [2.45, 2.75) is 33.8 Å². The molecule has 1 N–H and O–H groups in total. The van der Waals surface area contributed by atoms with Crippen molar-refractivity contribution < 1.29 is 9.84 Å². The van der Waals surface area contributed by atoms with E-state index in [2.05, 4.69) is 0 Å². The van der Waals surface area contributed by atoms with Crippen molar-refractivity contribution in [1.82, 2.24) is 0 Å². The summed E-state index contributed by atoms with van der Waals surface area (Å²) in [5.74, 6) is 0.759. The predicted molar refractivity (Wildman–Crippen MR) is 62.7 cm³/mol. The van der Waals surface area contributed by atoms with Gasteiger partial charge in [0.15, 0.2) is 0 Å². The molecule has 15 heavy (non-hydrogen) atoms. The minimum atomic E-state index is -0.566. The minimum absolute atomic E-state index is 0.566.